The number of nitrogens with zero attached hydrogens (tertiary/aromatic N) is 1. The van der Waals surface area contributed by atoms with E-state index in [1.807, 2.05) is 0 Å². The monoisotopic (exact) mass is 326 g/mol. The van der Waals surface area contributed by atoms with Gasteiger partial charge in [0, 0.05) is 6.07 Å². The predicted molar refractivity (Wildman–Crippen MR) is 79.2 cm³/mol. The summed E-state index contributed by atoms with van der Waals surface area (Å²) in [6.45, 7) is 0. The Labute approximate surface area is 129 Å². The summed E-state index contributed by atoms with van der Waals surface area (Å²) in [5.74, 6) is -1.06. The maximum absolute atomic E-state index is 12.1. The molecule has 6 nitrogen and oxygen atoms in total. The molecule has 0 aromatic heterocycles. The van der Waals surface area contributed by atoms with Crippen LogP contribution in [0, 0.1) is 10.1 Å². The molecule has 0 atom stereocenters. The second-order valence-electron chi connectivity index (χ2n) is 4.01. The first-order chi connectivity index (χ1) is 9.90. The van der Waals surface area contributed by atoms with Crippen molar-refractivity contribution in [1.29, 1.82) is 0 Å². The minimum Gasteiger partial charge on any atom is -0.506 e. The van der Waals surface area contributed by atoms with Crippen LogP contribution in [0.3, 0.4) is 0 Å². The summed E-state index contributed by atoms with van der Waals surface area (Å²) in [5.41, 5.74) is -0.221. The van der Waals surface area contributed by atoms with Crippen molar-refractivity contribution in [2.75, 3.05) is 5.32 Å². The second-order valence-corrected chi connectivity index (χ2v) is 4.82. The number of aromatic hydroxyl groups is 1. The number of amides is 1. The van der Waals surface area contributed by atoms with Crippen LogP contribution in [0.5, 0.6) is 5.75 Å². The minimum atomic E-state index is -0.656. The fourth-order valence-corrected chi connectivity index (χ4v) is 2.21. The van der Waals surface area contributed by atoms with E-state index in [1.165, 1.54) is 18.2 Å². The number of anilines is 1. The molecule has 0 aliphatic carbocycles. The van der Waals surface area contributed by atoms with Gasteiger partial charge in [0.25, 0.3) is 11.6 Å². The van der Waals surface area contributed by atoms with Crippen molar-refractivity contribution in [3.8, 4) is 5.75 Å². The zero-order valence-electron chi connectivity index (χ0n) is 10.3. The summed E-state index contributed by atoms with van der Waals surface area (Å²) in [6, 6.07) is 7.89. The van der Waals surface area contributed by atoms with Gasteiger partial charge in [0.2, 0.25) is 0 Å². The number of non-ortho nitro benzene ring substituents is 1. The van der Waals surface area contributed by atoms with Crippen LogP contribution in [-0.2, 0) is 0 Å². The summed E-state index contributed by atoms with van der Waals surface area (Å²) >= 11 is 11.8. The van der Waals surface area contributed by atoms with Crippen molar-refractivity contribution in [2.24, 2.45) is 0 Å². The smallest absolute Gasteiger partial charge is 0.273 e. The number of phenols is 1. The molecule has 0 bridgehead atoms. The Kier molecular flexibility index (Phi) is 4.30. The molecule has 2 N–H and O–H groups in total. The number of carbonyl (C=O) groups excluding carboxylic acids is 1. The molecule has 0 aliphatic rings. The van der Waals surface area contributed by atoms with E-state index in [0.717, 1.165) is 12.1 Å². The lowest BCUT2D eigenvalue weighted by molar-refractivity contribution is -0.384. The molecule has 2 aromatic carbocycles. The van der Waals surface area contributed by atoms with Crippen LogP contribution in [0.2, 0.25) is 10.0 Å². The summed E-state index contributed by atoms with van der Waals surface area (Å²) in [4.78, 5) is 22.0. The molecular formula is C13H8Cl2N2O4. The number of carbonyl (C=O) groups is 1. The molecule has 0 saturated heterocycles. The van der Waals surface area contributed by atoms with Crippen molar-refractivity contribution in [1.82, 2.24) is 0 Å². The lowest BCUT2D eigenvalue weighted by Gasteiger charge is -2.09. The first-order valence-corrected chi connectivity index (χ1v) is 6.38. The number of phenolic OH excluding ortho intramolecular Hbond substituents is 1. The highest BCUT2D eigenvalue weighted by molar-refractivity contribution is 6.40. The Morgan fingerprint density at radius 2 is 1.81 bits per heavy atom. The molecule has 0 saturated carbocycles. The molecule has 2 rings (SSSR count). The second kappa shape index (κ2) is 5.99. The average Bonchev–Trinajstić information content (AvgIpc) is 2.40. The molecule has 8 heteroatoms. The van der Waals surface area contributed by atoms with Gasteiger partial charge in [-0.2, -0.15) is 0 Å². The maximum atomic E-state index is 12.1. The predicted octanol–water partition coefficient (Wildman–Crippen LogP) is 3.86. The Hall–Kier alpha value is -2.31. The van der Waals surface area contributed by atoms with Crippen molar-refractivity contribution in [2.45, 2.75) is 0 Å². The highest BCUT2D eigenvalue weighted by Gasteiger charge is 2.17. The van der Waals surface area contributed by atoms with Gasteiger partial charge in [-0.15, -0.1) is 0 Å². The number of nitrogens with one attached hydrogen (secondary N) is 1. The van der Waals surface area contributed by atoms with Crippen LogP contribution in [0.1, 0.15) is 10.4 Å². The van der Waals surface area contributed by atoms with Crippen molar-refractivity contribution >= 4 is 40.5 Å². The summed E-state index contributed by atoms with van der Waals surface area (Å²) < 4.78 is 0. The van der Waals surface area contributed by atoms with Crippen molar-refractivity contribution in [3.05, 3.63) is 62.1 Å². The fraction of sp³-hybridized carbons (Fsp3) is 0. The van der Waals surface area contributed by atoms with Gasteiger partial charge in [-0.25, -0.2) is 0 Å². The van der Waals surface area contributed by atoms with E-state index >= 15 is 0 Å². The van der Waals surface area contributed by atoms with Gasteiger partial charge in [-0.3, -0.25) is 14.9 Å². The Bertz CT molecular complexity index is 714. The van der Waals surface area contributed by atoms with E-state index in [4.69, 9.17) is 23.2 Å². The van der Waals surface area contributed by atoms with Crippen LogP contribution in [0.4, 0.5) is 11.4 Å². The lowest BCUT2D eigenvalue weighted by atomic mass is 10.2. The minimum absolute atomic E-state index is 0.0154. The van der Waals surface area contributed by atoms with Crippen LogP contribution >= 0.6 is 23.2 Å². The number of rotatable bonds is 3. The number of nitro benzene ring substituents is 1. The van der Waals surface area contributed by atoms with Crippen molar-refractivity contribution in [3.63, 3.8) is 0 Å². The number of halogens is 2. The molecule has 0 unspecified atom stereocenters. The quantitative estimate of drug-likeness (QED) is 0.508. The number of hydrogen-bond acceptors (Lipinski definition) is 4. The van der Waals surface area contributed by atoms with Crippen LogP contribution < -0.4 is 5.32 Å². The van der Waals surface area contributed by atoms with E-state index in [2.05, 4.69) is 5.32 Å². The molecule has 108 valence electrons. The summed E-state index contributed by atoms with van der Waals surface area (Å²) in [5, 5.41) is 23.0. The molecule has 0 heterocycles. The molecular weight excluding hydrogens is 319 g/mol. The van der Waals surface area contributed by atoms with E-state index in [9.17, 15) is 20.0 Å². The van der Waals surface area contributed by atoms with Crippen LogP contribution in [0.25, 0.3) is 0 Å². The van der Waals surface area contributed by atoms with Gasteiger partial charge in [-0.05, 0) is 18.2 Å². The summed E-state index contributed by atoms with van der Waals surface area (Å²) in [7, 11) is 0. The average molecular weight is 327 g/mol. The molecule has 21 heavy (non-hydrogen) atoms. The van der Waals surface area contributed by atoms with Gasteiger partial charge in [0.15, 0.2) is 0 Å². The zero-order chi connectivity index (χ0) is 15.6. The third-order valence-corrected chi connectivity index (χ3v) is 3.26. The molecule has 0 radical (unpaired) electrons. The van der Waals surface area contributed by atoms with Crippen molar-refractivity contribution < 1.29 is 14.8 Å². The van der Waals surface area contributed by atoms with Gasteiger partial charge in [-0.1, -0.05) is 29.3 Å². The van der Waals surface area contributed by atoms with Gasteiger partial charge in [0.05, 0.1) is 32.3 Å². The Balaban J connectivity index is 2.30. The van der Waals surface area contributed by atoms with E-state index < -0.39 is 16.6 Å². The van der Waals surface area contributed by atoms with Gasteiger partial charge >= 0.3 is 0 Å². The van der Waals surface area contributed by atoms with Crippen LogP contribution in [-0.4, -0.2) is 15.9 Å². The Morgan fingerprint density at radius 1 is 1.19 bits per heavy atom. The highest BCUT2D eigenvalue weighted by Crippen LogP contribution is 2.30. The number of hydrogen-bond donors (Lipinski definition) is 2. The molecule has 0 fully saturated rings. The van der Waals surface area contributed by atoms with Gasteiger partial charge in [0.1, 0.15) is 5.75 Å². The van der Waals surface area contributed by atoms with Crippen LogP contribution in [0.15, 0.2) is 36.4 Å². The first-order valence-electron chi connectivity index (χ1n) is 5.63. The van der Waals surface area contributed by atoms with E-state index in [-0.39, 0.29) is 27.0 Å². The van der Waals surface area contributed by atoms with E-state index in [0.29, 0.717) is 0 Å². The normalized spacial score (nSPS) is 10.2. The molecule has 0 aliphatic heterocycles. The fourth-order valence-electron chi connectivity index (χ4n) is 1.64. The third kappa shape index (κ3) is 3.24. The maximum Gasteiger partial charge on any atom is 0.273 e. The number of nitro groups is 1. The number of benzene rings is 2. The molecule has 1 amide bonds. The Morgan fingerprint density at radius 3 is 2.33 bits per heavy atom. The lowest BCUT2D eigenvalue weighted by Crippen LogP contribution is -2.13. The topological polar surface area (TPSA) is 92.5 Å². The standard InChI is InChI=1S/C13H8Cl2N2O4/c14-8-2-1-3-9(15)12(8)13(19)16-10-5-4-7(17(20)21)6-11(10)18/h1-6,18H,(H,16,19). The first kappa shape index (κ1) is 15.1. The molecule has 0 spiro atoms. The zero-order valence-corrected chi connectivity index (χ0v) is 11.9. The molecule has 2 aromatic rings. The third-order valence-electron chi connectivity index (χ3n) is 2.63. The summed E-state index contributed by atoms with van der Waals surface area (Å²) in [6.07, 6.45) is 0. The largest absolute Gasteiger partial charge is 0.506 e. The SMILES string of the molecule is O=C(Nc1ccc([N+](=O)[O-])cc1O)c1c(Cl)cccc1Cl. The van der Waals surface area contributed by atoms with E-state index in [1.54, 1.807) is 6.07 Å². The highest BCUT2D eigenvalue weighted by atomic mass is 35.5. The van der Waals surface area contributed by atoms with Gasteiger partial charge < -0.3 is 10.4 Å².